The summed E-state index contributed by atoms with van der Waals surface area (Å²) in [5.41, 5.74) is 1.64. The van der Waals surface area contributed by atoms with Gasteiger partial charge in [0.05, 0.1) is 25.7 Å². The highest BCUT2D eigenvalue weighted by atomic mass is 32.2. The van der Waals surface area contributed by atoms with Crippen molar-refractivity contribution in [2.45, 2.75) is 18.4 Å². The van der Waals surface area contributed by atoms with E-state index in [0.717, 1.165) is 4.31 Å². The van der Waals surface area contributed by atoms with Crippen molar-refractivity contribution >= 4 is 21.6 Å². The van der Waals surface area contributed by atoms with Gasteiger partial charge in [-0.1, -0.05) is 36.4 Å². The summed E-state index contributed by atoms with van der Waals surface area (Å²) in [4.78, 5) is 12.7. The highest BCUT2D eigenvalue weighted by Crippen LogP contribution is 2.31. The molecule has 3 rings (SSSR count). The number of carbonyl (C=O) groups is 1. The molecule has 0 aromatic heterocycles. The van der Waals surface area contributed by atoms with Crippen molar-refractivity contribution in [1.29, 1.82) is 0 Å². The molecule has 0 aliphatic heterocycles. The SMILES string of the molecule is COc1ccc(S(=O)(=O)N(CC(=O)Nc2cc(F)ccc2C)Cc2ccccc2)cc1OC. The van der Waals surface area contributed by atoms with Crippen LogP contribution in [0.5, 0.6) is 11.5 Å². The number of nitrogens with one attached hydrogen (secondary N) is 1. The molecule has 0 bridgehead atoms. The van der Waals surface area contributed by atoms with E-state index in [9.17, 15) is 17.6 Å². The average molecular weight is 473 g/mol. The van der Waals surface area contributed by atoms with E-state index in [1.807, 2.05) is 6.07 Å². The number of carbonyl (C=O) groups excluding carboxylic acids is 1. The van der Waals surface area contributed by atoms with Gasteiger partial charge < -0.3 is 14.8 Å². The molecule has 3 aromatic carbocycles. The Morgan fingerprint density at radius 2 is 1.67 bits per heavy atom. The maximum absolute atomic E-state index is 13.6. The van der Waals surface area contributed by atoms with Crippen LogP contribution in [0.2, 0.25) is 0 Å². The van der Waals surface area contributed by atoms with Crippen molar-refractivity contribution in [2.75, 3.05) is 26.1 Å². The van der Waals surface area contributed by atoms with E-state index in [-0.39, 0.29) is 22.9 Å². The minimum atomic E-state index is -4.10. The molecule has 174 valence electrons. The normalized spacial score (nSPS) is 11.3. The van der Waals surface area contributed by atoms with Crippen LogP contribution in [0.3, 0.4) is 0 Å². The summed E-state index contributed by atoms with van der Waals surface area (Å²) in [5.74, 6) is -0.470. The summed E-state index contributed by atoms with van der Waals surface area (Å²) in [6.07, 6.45) is 0. The Balaban J connectivity index is 1.93. The number of methoxy groups -OCH3 is 2. The number of anilines is 1. The van der Waals surface area contributed by atoms with Gasteiger partial charge in [0.1, 0.15) is 5.82 Å². The lowest BCUT2D eigenvalue weighted by Gasteiger charge is -2.23. The average Bonchev–Trinajstić information content (AvgIpc) is 2.81. The number of ether oxygens (including phenoxy) is 2. The zero-order chi connectivity index (χ0) is 24.0. The van der Waals surface area contributed by atoms with Crippen LogP contribution in [0.4, 0.5) is 10.1 Å². The molecule has 0 saturated heterocycles. The molecule has 1 N–H and O–H groups in total. The topological polar surface area (TPSA) is 84.9 Å². The van der Waals surface area contributed by atoms with E-state index < -0.39 is 28.3 Å². The molecule has 9 heteroatoms. The first-order valence-electron chi connectivity index (χ1n) is 10.1. The van der Waals surface area contributed by atoms with Gasteiger partial charge >= 0.3 is 0 Å². The fraction of sp³-hybridized carbons (Fsp3) is 0.208. The van der Waals surface area contributed by atoms with E-state index in [2.05, 4.69) is 5.32 Å². The van der Waals surface area contributed by atoms with E-state index in [0.29, 0.717) is 16.9 Å². The predicted octanol–water partition coefficient (Wildman–Crippen LogP) is 3.98. The molecule has 3 aromatic rings. The summed E-state index contributed by atoms with van der Waals surface area (Å²) in [6.45, 7) is 1.21. The van der Waals surface area contributed by atoms with Gasteiger partial charge in [-0.2, -0.15) is 4.31 Å². The number of hydrogen-bond donors (Lipinski definition) is 1. The molecule has 0 spiro atoms. The summed E-state index contributed by atoms with van der Waals surface area (Å²) in [6, 6.07) is 17.2. The highest BCUT2D eigenvalue weighted by Gasteiger charge is 2.28. The highest BCUT2D eigenvalue weighted by molar-refractivity contribution is 7.89. The minimum absolute atomic E-state index is 0.0347. The van der Waals surface area contributed by atoms with Crippen LogP contribution in [-0.2, 0) is 21.4 Å². The van der Waals surface area contributed by atoms with Crippen molar-refractivity contribution in [3.8, 4) is 11.5 Å². The Kier molecular flexibility index (Phi) is 7.67. The van der Waals surface area contributed by atoms with Crippen LogP contribution in [-0.4, -0.2) is 39.4 Å². The smallest absolute Gasteiger partial charge is 0.243 e. The molecule has 7 nitrogen and oxygen atoms in total. The summed E-state index contributed by atoms with van der Waals surface area (Å²) in [5, 5.41) is 2.60. The van der Waals surface area contributed by atoms with Gasteiger partial charge in [-0.25, -0.2) is 12.8 Å². The number of nitrogens with zero attached hydrogens (tertiary/aromatic N) is 1. The molecule has 0 radical (unpaired) electrons. The third kappa shape index (κ3) is 5.88. The van der Waals surface area contributed by atoms with Crippen LogP contribution in [0, 0.1) is 12.7 Å². The zero-order valence-electron chi connectivity index (χ0n) is 18.5. The summed E-state index contributed by atoms with van der Waals surface area (Å²) in [7, 11) is -1.24. The number of aryl methyl sites for hydroxylation is 1. The van der Waals surface area contributed by atoms with Crippen LogP contribution in [0.25, 0.3) is 0 Å². The van der Waals surface area contributed by atoms with Gasteiger partial charge in [0, 0.05) is 18.3 Å². The quantitative estimate of drug-likeness (QED) is 0.509. The zero-order valence-corrected chi connectivity index (χ0v) is 19.4. The van der Waals surface area contributed by atoms with Crippen LogP contribution in [0.15, 0.2) is 71.6 Å². The number of rotatable bonds is 9. The summed E-state index contributed by atoms with van der Waals surface area (Å²) < 4.78 is 52.1. The number of amides is 1. The number of sulfonamides is 1. The third-order valence-electron chi connectivity index (χ3n) is 4.99. The molecule has 0 unspecified atom stereocenters. The second-order valence-corrected chi connectivity index (χ2v) is 9.22. The maximum Gasteiger partial charge on any atom is 0.243 e. The molecule has 1 amide bonds. The van der Waals surface area contributed by atoms with Crippen molar-refractivity contribution in [2.24, 2.45) is 0 Å². The van der Waals surface area contributed by atoms with Gasteiger partial charge in [0.25, 0.3) is 0 Å². The first-order valence-corrected chi connectivity index (χ1v) is 11.5. The van der Waals surface area contributed by atoms with Crippen LogP contribution < -0.4 is 14.8 Å². The first kappa shape index (κ1) is 24.2. The lowest BCUT2D eigenvalue weighted by Crippen LogP contribution is -2.37. The number of hydrogen-bond acceptors (Lipinski definition) is 5. The number of halogens is 1. The second-order valence-electron chi connectivity index (χ2n) is 7.28. The van der Waals surface area contributed by atoms with Gasteiger partial charge in [0.15, 0.2) is 11.5 Å². The standard InChI is InChI=1S/C24H25FN2O5S/c1-17-9-10-19(25)13-21(17)26-24(28)16-27(15-18-7-5-4-6-8-18)33(29,30)20-11-12-22(31-2)23(14-20)32-3/h4-14H,15-16H2,1-3H3,(H,26,28). The van der Waals surface area contributed by atoms with Gasteiger partial charge in [0.2, 0.25) is 15.9 Å². The molecule has 0 fully saturated rings. The van der Waals surface area contributed by atoms with Gasteiger partial charge in [-0.15, -0.1) is 0 Å². The van der Waals surface area contributed by atoms with E-state index >= 15 is 0 Å². The molecule has 0 atom stereocenters. The lowest BCUT2D eigenvalue weighted by molar-refractivity contribution is -0.116. The maximum atomic E-state index is 13.6. The van der Waals surface area contributed by atoms with Gasteiger partial charge in [-0.3, -0.25) is 4.79 Å². The monoisotopic (exact) mass is 472 g/mol. The first-order chi connectivity index (χ1) is 15.7. The third-order valence-corrected chi connectivity index (χ3v) is 6.78. The van der Waals surface area contributed by atoms with Crippen LogP contribution >= 0.6 is 0 Å². The molecule has 0 aliphatic rings. The fourth-order valence-electron chi connectivity index (χ4n) is 3.22. The van der Waals surface area contributed by atoms with E-state index in [4.69, 9.17) is 9.47 Å². The predicted molar refractivity (Wildman–Crippen MR) is 123 cm³/mol. The van der Waals surface area contributed by atoms with Gasteiger partial charge in [-0.05, 0) is 42.3 Å². The van der Waals surface area contributed by atoms with E-state index in [1.54, 1.807) is 31.2 Å². The van der Waals surface area contributed by atoms with Crippen LogP contribution in [0.1, 0.15) is 11.1 Å². The molecule has 33 heavy (non-hydrogen) atoms. The van der Waals surface area contributed by atoms with Crippen molar-refractivity contribution in [1.82, 2.24) is 4.31 Å². The Morgan fingerprint density at radius 3 is 2.33 bits per heavy atom. The molecule has 0 aliphatic carbocycles. The number of benzene rings is 3. The van der Waals surface area contributed by atoms with E-state index in [1.165, 1.54) is 50.6 Å². The Bertz CT molecular complexity index is 1230. The summed E-state index contributed by atoms with van der Waals surface area (Å²) >= 11 is 0. The fourth-order valence-corrected chi connectivity index (χ4v) is 4.62. The second kappa shape index (κ2) is 10.5. The molecular weight excluding hydrogens is 447 g/mol. The lowest BCUT2D eigenvalue weighted by atomic mass is 10.2. The molecule has 0 heterocycles. The minimum Gasteiger partial charge on any atom is -0.493 e. The molecular formula is C24H25FN2O5S. The Morgan fingerprint density at radius 1 is 0.970 bits per heavy atom. The van der Waals surface area contributed by atoms with Crippen molar-refractivity contribution in [3.05, 3.63) is 83.7 Å². The molecule has 0 saturated carbocycles. The Labute approximate surface area is 192 Å². The van der Waals surface area contributed by atoms with Crippen molar-refractivity contribution < 1.29 is 27.1 Å². The Hall–Kier alpha value is -3.43. The van der Waals surface area contributed by atoms with Crippen molar-refractivity contribution in [3.63, 3.8) is 0 Å². The largest absolute Gasteiger partial charge is 0.493 e.